The van der Waals surface area contributed by atoms with Gasteiger partial charge in [-0.1, -0.05) is 19.1 Å². The zero-order chi connectivity index (χ0) is 25.7. The van der Waals surface area contributed by atoms with Crippen molar-refractivity contribution in [3.05, 3.63) is 84.3 Å². The molecule has 8 heteroatoms. The molecular formula is C29H27FN4O3. The van der Waals surface area contributed by atoms with Crippen LogP contribution in [0.15, 0.2) is 72.9 Å². The molecule has 2 fully saturated rings. The lowest BCUT2D eigenvalue weighted by Crippen LogP contribution is -2.42. The summed E-state index contributed by atoms with van der Waals surface area (Å²) in [7, 11) is 1.61. The molecule has 0 radical (unpaired) electrons. The molecule has 4 aromatic rings. The summed E-state index contributed by atoms with van der Waals surface area (Å²) in [6.07, 6.45) is 3.52. The second-order valence-electron chi connectivity index (χ2n) is 9.80. The number of benzene rings is 3. The standard InChI is InChI=1S/C29H27FN4O3/c1-17-26(32-28(35)18-6-7-18)27(19-4-3-5-24(15-19)37-2)33(29(17)36)23-12-13-25-20(14-23)16-31-34(25)22-10-8-21(30)9-11-22/h3-5,8-18,26-27H,6-7H2,1-2H3,(H,32,35)/t17-,26?,27?/m0/s1. The highest BCUT2D eigenvalue weighted by Gasteiger charge is 2.49. The van der Waals surface area contributed by atoms with Crippen molar-refractivity contribution < 1.29 is 18.7 Å². The molecule has 6 rings (SSSR count). The average Bonchev–Trinajstić information content (AvgIpc) is 3.65. The minimum atomic E-state index is -0.406. The lowest BCUT2D eigenvalue weighted by Gasteiger charge is -2.30. The summed E-state index contributed by atoms with van der Waals surface area (Å²) < 4.78 is 20.6. The number of anilines is 1. The van der Waals surface area contributed by atoms with E-state index in [1.54, 1.807) is 35.0 Å². The predicted octanol–water partition coefficient (Wildman–Crippen LogP) is 4.79. The number of fused-ring (bicyclic) bond motifs is 1. The van der Waals surface area contributed by atoms with Gasteiger partial charge in [0.1, 0.15) is 11.6 Å². The molecule has 2 unspecified atom stereocenters. The number of aromatic nitrogens is 2. The molecule has 3 atom stereocenters. The molecule has 1 saturated carbocycles. The molecule has 1 aliphatic carbocycles. The third-order valence-corrected chi connectivity index (χ3v) is 7.38. The van der Waals surface area contributed by atoms with E-state index >= 15 is 0 Å². The SMILES string of the molecule is COc1cccc(C2C(NC(=O)C3CC3)[C@H](C)C(=O)N2c2ccc3c(cnn3-c3ccc(F)cc3)c2)c1. The van der Waals surface area contributed by atoms with Gasteiger partial charge in [0.2, 0.25) is 11.8 Å². The zero-order valence-electron chi connectivity index (χ0n) is 20.6. The van der Waals surface area contributed by atoms with E-state index in [-0.39, 0.29) is 29.6 Å². The number of carbonyl (C=O) groups is 2. The maximum atomic E-state index is 13.7. The van der Waals surface area contributed by atoms with E-state index < -0.39 is 12.0 Å². The van der Waals surface area contributed by atoms with Crippen molar-refractivity contribution in [3.8, 4) is 11.4 Å². The van der Waals surface area contributed by atoms with Crippen LogP contribution in [0.1, 0.15) is 31.4 Å². The Morgan fingerprint density at radius 3 is 2.54 bits per heavy atom. The number of nitrogens with one attached hydrogen (secondary N) is 1. The first kappa shape index (κ1) is 23.2. The minimum Gasteiger partial charge on any atom is -0.497 e. The Balaban J connectivity index is 1.42. The van der Waals surface area contributed by atoms with Gasteiger partial charge >= 0.3 is 0 Å². The number of amides is 2. The van der Waals surface area contributed by atoms with Crippen LogP contribution < -0.4 is 15.0 Å². The number of hydrogen-bond acceptors (Lipinski definition) is 4. The molecule has 2 amide bonds. The van der Waals surface area contributed by atoms with Gasteiger partial charge in [-0.05, 0) is 73.0 Å². The topological polar surface area (TPSA) is 76.5 Å². The third kappa shape index (κ3) is 4.12. The fraction of sp³-hybridized carbons (Fsp3) is 0.276. The van der Waals surface area contributed by atoms with Crippen LogP contribution in [0.4, 0.5) is 10.1 Å². The smallest absolute Gasteiger partial charge is 0.232 e. The summed E-state index contributed by atoms with van der Waals surface area (Å²) in [5.41, 5.74) is 3.19. The first-order valence-electron chi connectivity index (χ1n) is 12.5. The number of carbonyl (C=O) groups excluding carboxylic acids is 2. The van der Waals surface area contributed by atoms with Crippen LogP contribution in [0.3, 0.4) is 0 Å². The van der Waals surface area contributed by atoms with Crippen LogP contribution in [0.25, 0.3) is 16.6 Å². The second kappa shape index (κ2) is 9.03. The van der Waals surface area contributed by atoms with Gasteiger partial charge < -0.3 is 15.0 Å². The van der Waals surface area contributed by atoms with Gasteiger partial charge in [-0.25, -0.2) is 9.07 Å². The molecule has 188 valence electrons. The highest BCUT2D eigenvalue weighted by atomic mass is 19.1. The van der Waals surface area contributed by atoms with Crippen LogP contribution >= 0.6 is 0 Å². The van der Waals surface area contributed by atoms with E-state index in [9.17, 15) is 14.0 Å². The Morgan fingerprint density at radius 2 is 1.81 bits per heavy atom. The normalized spacial score (nSPS) is 21.4. The Labute approximate surface area is 213 Å². The van der Waals surface area contributed by atoms with E-state index in [0.29, 0.717) is 5.75 Å². The molecule has 0 spiro atoms. The Hall–Kier alpha value is -4.20. The quantitative estimate of drug-likeness (QED) is 0.415. The molecule has 7 nitrogen and oxygen atoms in total. The molecule has 0 bridgehead atoms. The number of ether oxygens (including phenoxy) is 1. The summed E-state index contributed by atoms with van der Waals surface area (Å²) >= 11 is 0. The zero-order valence-corrected chi connectivity index (χ0v) is 20.6. The van der Waals surface area contributed by atoms with Crippen molar-refractivity contribution in [3.63, 3.8) is 0 Å². The average molecular weight is 499 g/mol. The monoisotopic (exact) mass is 498 g/mol. The van der Waals surface area contributed by atoms with Crippen molar-refractivity contribution >= 4 is 28.4 Å². The van der Waals surface area contributed by atoms with Gasteiger partial charge in [-0.15, -0.1) is 0 Å². The van der Waals surface area contributed by atoms with Gasteiger partial charge in [0, 0.05) is 17.0 Å². The number of rotatable bonds is 6. The second-order valence-corrected chi connectivity index (χ2v) is 9.80. The predicted molar refractivity (Wildman–Crippen MR) is 138 cm³/mol. The van der Waals surface area contributed by atoms with E-state index in [4.69, 9.17) is 4.74 Å². The van der Waals surface area contributed by atoms with Crippen molar-refractivity contribution in [2.45, 2.75) is 31.8 Å². The largest absolute Gasteiger partial charge is 0.497 e. The van der Waals surface area contributed by atoms with Gasteiger partial charge in [0.05, 0.1) is 42.5 Å². The van der Waals surface area contributed by atoms with Crippen LogP contribution in [0, 0.1) is 17.7 Å². The molecule has 1 N–H and O–H groups in total. The maximum Gasteiger partial charge on any atom is 0.232 e. The number of halogens is 1. The van der Waals surface area contributed by atoms with Gasteiger partial charge in [-0.3, -0.25) is 9.59 Å². The summed E-state index contributed by atoms with van der Waals surface area (Å²) in [6, 6.07) is 18.8. The van der Waals surface area contributed by atoms with Crippen molar-refractivity contribution in [2.24, 2.45) is 11.8 Å². The molecular weight excluding hydrogens is 471 g/mol. The molecule has 1 aromatic heterocycles. The maximum absolute atomic E-state index is 13.7. The van der Waals surface area contributed by atoms with E-state index in [1.807, 2.05) is 49.4 Å². The third-order valence-electron chi connectivity index (χ3n) is 7.38. The van der Waals surface area contributed by atoms with Gasteiger partial charge in [0.25, 0.3) is 0 Å². The number of nitrogens with zero attached hydrogens (tertiary/aromatic N) is 3. The highest BCUT2D eigenvalue weighted by Crippen LogP contribution is 2.42. The van der Waals surface area contributed by atoms with Crippen molar-refractivity contribution in [2.75, 3.05) is 12.0 Å². The minimum absolute atomic E-state index is 0.00965. The van der Waals surface area contributed by atoms with Crippen molar-refractivity contribution in [1.29, 1.82) is 0 Å². The molecule has 1 aliphatic heterocycles. The lowest BCUT2D eigenvalue weighted by atomic mass is 9.94. The number of hydrogen-bond donors (Lipinski definition) is 1. The lowest BCUT2D eigenvalue weighted by molar-refractivity contribution is -0.123. The summed E-state index contributed by atoms with van der Waals surface area (Å²) in [4.78, 5) is 28.3. The summed E-state index contributed by atoms with van der Waals surface area (Å²) in [6.45, 7) is 1.87. The van der Waals surface area contributed by atoms with E-state index in [2.05, 4.69) is 10.4 Å². The van der Waals surface area contributed by atoms with Crippen molar-refractivity contribution in [1.82, 2.24) is 15.1 Å². The Kier molecular flexibility index (Phi) is 5.67. The fourth-order valence-electron chi connectivity index (χ4n) is 5.20. The first-order chi connectivity index (χ1) is 17.9. The van der Waals surface area contributed by atoms with Crippen LogP contribution in [-0.2, 0) is 9.59 Å². The Bertz CT molecular complexity index is 1490. The van der Waals surface area contributed by atoms with Gasteiger partial charge in [0.15, 0.2) is 0 Å². The fourth-order valence-corrected chi connectivity index (χ4v) is 5.20. The Morgan fingerprint density at radius 1 is 1.05 bits per heavy atom. The first-order valence-corrected chi connectivity index (χ1v) is 12.5. The van der Waals surface area contributed by atoms with Crippen LogP contribution in [0.5, 0.6) is 5.75 Å². The summed E-state index contributed by atoms with van der Waals surface area (Å²) in [5.74, 6) is -0.0362. The van der Waals surface area contributed by atoms with Gasteiger partial charge in [-0.2, -0.15) is 5.10 Å². The number of methoxy groups -OCH3 is 1. The molecule has 37 heavy (non-hydrogen) atoms. The van der Waals surface area contributed by atoms with E-state index in [0.717, 1.165) is 40.7 Å². The summed E-state index contributed by atoms with van der Waals surface area (Å²) in [5, 5.41) is 8.52. The highest BCUT2D eigenvalue weighted by molar-refractivity contribution is 6.01. The molecule has 3 aromatic carbocycles. The molecule has 2 aliphatic rings. The van der Waals surface area contributed by atoms with E-state index in [1.165, 1.54) is 12.1 Å². The van der Waals surface area contributed by atoms with Crippen LogP contribution in [-0.4, -0.2) is 34.7 Å². The molecule has 2 heterocycles. The molecule has 1 saturated heterocycles. The van der Waals surface area contributed by atoms with Crippen LogP contribution in [0.2, 0.25) is 0 Å².